The van der Waals surface area contributed by atoms with E-state index < -0.39 is 0 Å². The minimum absolute atomic E-state index is 0.00515. The van der Waals surface area contributed by atoms with Gasteiger partial charge in [-0.25, -0.2) is 0 Å². The van der Waals surface area contributed by atoms with E-state index in [1.165, 1.54) is 12.8 Å². The molecule has 2 fully saturated rings. The van der Waals surface area contributed by atoms with Crippen molar-refractivity contribution in [1.82, 2.24) is 20.9 Å². The van der Waals surface area contributed by atoms with Gasteiger partial charge in [-0.2, -0.15) is 0 Å². The molecule has 0 aromatic heterocycles. The Balaban J connectivity index is 1.70. The third-order valence-corrected chi connectivity index (χ3v) is 3.97. The van der Waals surface area contributed by atoms with Crippen LogP contribution in [0, 0.1) is 5.92 Å². The van der Waals surface area contributed by atoms with Gasteiger partial charge >= 0.3 is 0 Å². The first-order valence-electron chi connectivity index (χ1n) is 7.15. The van der Waals surface area contributed by atoms with Crippen molar-refractivity contribution >= 4 is 11.8 Å². The number of rotatable bonds is 4. The van der Waals surface area contributed by atoms with Crippen LogP contribution in [-0.4, -0.2) is 62.0 Å². The van der Waals surface area contributed by atoms with Crippen molar-refractivity contribution in [3.63, 3.8) is 0 Å². The summed E-state index contributed by atoms with van der Waals surface area (Å²) in [6.45, 7) is 5.80. The number of carbonyl (C=O) groups is 2. The molecule has 2 amide bonds. The SMILES string of the molecule is C[C@H]1CCCN[C@@H]1CNC(=O)CN1CCNCC1=O. The molecule has 3 N–H and O–H groups in total. The topological polar surface area (TPSA) is 73.5 Å². The summed E-state index contributed by atoms with van der Waals surface area (Å²) in [7, 11) is 0. The van der Waals surface area contributed by atoms with Crippen LogP contribution < -0.4 is 16.0 Å². The fourth-order valence-electron chi connectivity index (χ4n) is 2.65. The van der Waals surface area contributed by atoms with Gasteiger partial charge in [0.05, 0.1) is 13.1 Å². The number of hydrogen-bond acceptors (Lipinski definition) is 4. The highest BCUT2D eigenvalue weighted by Gasteiger charge is 2.23. The number of piperazine rings is 1. The van der Waals surface area contributed by atoms with Crippen molar-refractivity contribution in [2.75, 3.05) is 39.3 Å². The highest BCUT2D eigenvalue weighted by Crippen LogP contribution is 2.14. The average molecular weight is 268 g/mol. The van der Waals surface area contributed by atoms with E-state index in [1.807, 2.05) is 0 Å². The van der Waals surface area contributed by atoms with Crippen LogP contribution in [0.25, 0.3) is 0 Å². The van der Waals surface area contributed by atoms with Crippen molar-refractivity contribution in [1.29, 1.82) is 0 Å². The van der Waals surface area contributed by atoms with E-state index in [2.05, 4.69) is 22.9 Å². The second-order valence-electron chi connectivity index (χ2n) is 5.48. The highest BCUT2D eigenvalue weighted by molar-refractivity contribution is 5.86. The van der Waals surface area contributed by atoms with Crippen LogP contribution in [0.15, 0.2) is 0 Å². The van der Waals surface area contributed by atoms with E-state index in [0.717, 1.165) is 13.1 Å². The first-order valence-corrected chi connectivity index (χ1v) is 7.15. The van der Waals surface area contributed by atoms with Crippen LogP contribution in [0.2, 0.25) is 0 Å². The molecule has 2 aliphatic rings. The van der Waals surface area contributed by atoms with Crippen molar-refractivity contribution in [3.8, 4) is 0 Å². The van der Waals surface area contributed by atoms with Crippen LogP contribution in [0.4, 0.5) is 0 Å². The van der Waals surface area contributed by atoms with Crippen molar-refractivity contribution < 1.29 is 9.59 Å². The van der Waals surface area contributed by atoms with Crippen molar-refractivity contribution in [2.45, 2.75) is 25.8 Å². The number of carbonyl (C=O) groups excluding carboxylic acids is 2. The van der Waals surface area contributed by atoms with E-state index in [9.17, 15) is 9.59 Å². The van der Waals surface area contributed by atoms with Crippen LogP contribution in [0.5, 0.6) is 0 Å². The molecule has 2 atom stereocenters. The van der Waals surface area contributed by atoms with Gasteiger partial charge in [0.2, 0.25) is 11.8 Å². The van der Waals surface area contributed by atoms with E-state index in [0.29, 0.717) is 31.6 Å². The molecule has 2 aliphatic heterocycles. The zero-order valence-electron chi connectivity index (χ0n) is 11.6. The van der Waals surface area contributed by atoms with Gasteiger partial charge in [-0.05, 0) is 25.3 Å². The van der Waals surface area contributed by atoms with Crippen LogP contribution in [-0.2, 0) is 9.59 Å². The maximum Gasteiger partial charge on any atom is 0.239 e. The summed E-state index contributed by atoms with van der Waals surface area (Å²) in [6, 6.07) is 0.358. The zero-order chi connectivity index (χ0) is 13.7. The Kier molecular flexibility index (Phi) is 5.15. The van der Waals surface area contributed by atoms with E-state index in [1.54, 1.807) is 4.90 Å². The normalized spacial score (nSPS) is 28.3. The smallest absolute Gasteiger partial charge is 0.239 e. The number of nitrogens with one attached hydrogen (secondary N) is 3. The number of hydrogen-bond donors (Lipinski definition) is 3. The predicted octanol–water partition coefficient (Wildman–Crippen LogP) is -1.08. The van der Waals surface area contributed by atoms with E-state index in [4.69, 9.17) is 0 Å². The molecule has 108 valence electrons. The number of nitrogens with zero attached hydrogens (tertiary/aromatic N) is 1. The van der Waals surface area contributed by atoms with Crippen molar-refractivity contribution in [3.05, 3.63) is 0 Å². The Morgan fingerprint density at radius 1 is 1.47 bits per heavy atom. The van der Waals surface area contributed by atoms with Gasteiger partial charge in [-0.1, -0.05) is 6.92 Å². The molecule has 2 heterocycles. The first-order chi connectivity index (χ1) is 9.16. The lowest BCUT2D eigenvalue weighted by molar-refractivity contribution is -0.136. The van der Waals surface area contributed by atoms with Crippen LogP contribution in [0.3, 0.4) is 0 Å². The second kappa shape index (κ2) is 6.86. The fourth-order valence-corrected chi connectivity index (χ4v) is 2.65. The Morgan fingerprint density at radius 2 is 2.32 bits per heavy atom. The lowest BCUT2D eigenvalue weighted by Gasteiger charge is -2.31. The van der Waals surface area contributed by atoms with Gasteiger partial charge in [-0.15, -0.1) is 0 Å². The third-order valence-electron chi connectivity index (χ3n) is 3.97. The minimum Gasteiger partial charge on any atom is -0.353 e. The lowest BCUT2D eigenvalue weighted by Crippen LogP contribution is -2.53. The summed E-state index contributed by atoms with van der Waals surface area (Å²) in [6.07, 6.45) is 2.42. The molecule has 0 bridgehead atoms. The van der Waals surface area contributed by atoms with Crippen molar-refractivity contribution in [2.24, 2.45) is 5.92 Å². The maximum absolute atomic E-state index is 11.9. The molecule has 6 heteroatoms. The predicted molar refractivity (Wildman–Crippen MR) is 72.6 cm³/mol. The quantitative estimate of drug-likeness (QED) is 0.606. The molecule has 2 rings (SSSR count). The summed E-state index contributed by atoms with van der Waals surface area (Å²) < 4.78 is 0. The highest BCUT2D eigenvalue weighted by atomic mass is 16.2. The monoisotopic (exact) mass is 268 g/mol. The first kappa shape index (κ1) is 14.3. The molecule has 0 spiro atoms. The molecule has 0 aromatic rings. The number of piperidine rings is 1. The van der Waals surface area contributed by atoms with Crippen LogP contribution in [0.1, 0.15) is 19.8 Å². The molecule has 0 aliphatic carbocycles. The Morgan fingerprint density at radius 3 is 3.05 bits per heavy atom. The summed E-state index contributed by atoms with van der Waals surface area (Å²) in [5.74, 6) is 0.537. The molecule has 0 saturated carbocycles. The molecular formula is C13H24N4O2. The third kappa shape index (κ3) is 4.18. The Bertz CT molecular complexity index is 335. The molecule has 0 aromatic carbocycles. The largest absolute Gasteiger partial charge is 0.353 e. The van der Waals surface area contributed by atoms with Gasteiger partial charge < -0.3 is 20.9 Å². The summed E-state index contributed by atoms with van der Waals surface area (Å²) in [5.41, 5.74) is 0. The lowest BCUT2D eigenvalue weighted by atomic mass is 9.93. The summed E-state index contributed by atoms with van der Waals surface area (Å²) in [5, 5.41) is 9.36. The second-order valence-corrected chi connectivity index (χ2v) is 5.48. The standard InChI is InChI=1S/C13H24N4O2/c1-10-3-2-4-15-11(10)7-16-12(18)9-17-6-5-14-8-13(17)19/h10-11,14-15H,2-9H2,1H3,(H,16,18)/t10-,11+/m0/s1. The Hall–Kier alpha value is -1.14. The van der Waals surface area contributed by atoms with Gasteiger partial charge in [0, 0.05) is 25.7 Å². The van der Waals surface area contributed by atoms with Gasteiger partial charge in [0.1, 0.15) is 0 Å². The minimum atomic E-state index is -0.0603. The fraction of sp³-hybridized carbons (Fsp3) is 0.846. The Labute approximate surface area is 114 Å². The molecular weight excluding hydrogens is 244 g/mol. The van der Waals surface area contributed by atoms with E-state index in [-0.39, 0.29) is 18.4 Å². The summed E-state index contributed by atoms with van der Waals surface area (Å²) in [4.78, 5) is 25.0. The van der Waals surface area contributed by atoms with Crippen LogP contribution >= 0.6 is 0 Å². The van der Waals surface area contributed by atoms with E-state index >= 15 is 0 Å². The average Bonchev–Trinajstić information content (AvgIpc) is 2.40. The maximum atomic E-state index is 11.9. The number of amides is 2. The molecule has 6 nitrogen and oxygen atoms in total. The molecule has 0 radical (unpaired) electrons. The molecule has 0 unspecified atom stereocenters. The van der Waals surface area contributed by atoms with Gasteiger partial charge in [0.15, 0.2) is 0 Å². The van der Waals surface area contributed by atoms with Gasteiger partial charge in [-0.3, -0.25) is 9.59 Å². The molecule has 2 saturated heterocycles. The molecule has 19 heavy (non-hydrogen) atoms. The van der Waals surface area contributed by atoms with Gasteiger partial charge in [0.25, 0.3) is 0 Å². The zero-order valence-corrected chi connectivity index (χ0v) is 11.6. The summed E-state index contributed by atoms with van der Waals surface area (Å²) >= 11 is 0.